The van der Waals surface area contributed by atoms with Crippen molar-refractivity contribution < 1.29 is 53.2 Å². The predicted molar refractivity (Wildman–Crippen MR) is 272 cm³/mol. The van der Waals surface area contributed by atoms with Crippen LogP contribution in [0.25, 0.3) is 0 Å². The van der Waals surface area contributed by atoms with Crippen molar-refractivity contribution in [3.8, 4) is 0 Å². The Morgan fingerprint density at radius 2 is 0.672 bits per heavy atom. The summed E-state index contributed by atoms with van der Waals surface area (Å²) in [5.41, 5.74) is 4.01. The van der Waals surface area contributed by atoms with Crippen LogP contribution in [0.5, 0.6) is 0 Å². The molecule has 0 saturated heterocycles. The van der Waals surface area contributed by atoms with Crippen LogP contribution >= 0.6 is 0 Å². The number of rotatable bonds is 5. The van der Waals surface area contributed by atoms with Gasteiger partial charge in [-0.2, -0.15) is 0 Å². The lowest BCUT2D eigenvalue weighted by molar-refractivity contribution is -0.135. The van der Waals surface area contributed by atoms with Crippen molar-refractivity contribution in [2.45, 2.75) is 95.4 Å². The topological polar surface area (TPSA) is 214 Å². The Labute approximate surface area is 401 Å². The SMILES string of the molecule is CC(=O)Nc1ccccc1.CC(=O)O.CC(=O)O.CC(C)(C)C(=O)c1cccc(C(=O)C(C)(C)C)c1.CC(C)(c1ccccc1)c1ccccc1.CNC(C)=O.CNC(C)=O.COC.COC. The fourth-order valence-corrected chi connectivity index (χ4v) is 4.27. The number of hydrogen-bond acceptors (Lipinski definition) is 9. The van der Waals surface area contributed by atoms with E-state index >= 15 is 0 Å². The molecule has 3 amide bonds. The number of amides is 3. The van der Waals surface area contributed by atoms with E-state index < -0.39 is 22.8 Å². The Bertz CT molecular complexity index is 1840. The molecule has 0 aliphatic carbocycles. The first-order valence-electron chi connectivity index (χ1n) is 21.1. The van der Waals surface area contributed by atoms with E-state index in [0.717, 1.165) is 19.5 Å². The summed E-state index contributed by atoms with van der Waals surface area (Å²) in [6.07, 6.45) is 0. The molecule has 0 heterocycles. The summed E-state index contributed by atoms with van der Waals surface area (Å²) in [4.78, 5) is 72.3. The summed E-state index contributed by atoms with van der Waals surface area (Å²) >= 11 is 0. The zero-order valence-electron chi connectivity index (χ0n) is 43.5. The molecule has 0 spiro atoms. The molecule has 0 aliphatic rings. The molecule has 0 atom stereocenters. The maximum atomic E-state index is 12.2. The highest BCUT2D eigenvalue weighted by atomic mass is 16.5. The Morgan fingerprint density at radius 3 is 0.881 bits per heavy atom. The molecule has 14 nitrogen and oxygen atoms in total. The number of nitrogens with one attached hydrogen (secondary N) is 3. The first kappa shape index (κ1) is 69.5. The van der Waals surface area contributed by atoms with E-state index in [1.54, 1.807) is 66.8 Å². The van der Waals surface area contributed by atoms with Crippen molar-refractivity contribution in [3.63, 3.8) is 0 Å². The highest BCUT2D eigenvalue weighted by Crippen LogP contribution is 2.30. The third kappa shape index (κ3) is 43.2. The van der Waals surface area contributed by atoms with Gasteiger partial charge in [0.2, 0.25) is 17.7 Å². The van der Waals surface area contributed by atoms with Crippen molar-refractivity contribution in [3.05, 3.63) is 138 Å². The molecular weight excluding hydrogens is 855 g/mol. The van der Waals surface area contributed by atoms with Gasteiger partial charge in [0.05, 0.1) is 0 Å². The number of carboxylic acid groups (broad SMARTS) is 2. The number of hydrogen-bond donors (Lipinski definition) is 5. The summed E-state index contributed by atoms with van der Waals surface area (Å²) in [5.74, 6) is -1.57. The van der Waals surface area contributed by atoms with Crippen LogP contribution in [0.15, 0.2) is 115 Å². The quantitative estimate of drug-likeness (QED) is 0.119. The highest BCUT2D eigenvalue weighted by molar-refractivity contribution is 6.04. The molecule has 67 heavy (non-hydrogen) atoms. The summed E-state index contributed by atoms with van der Waals surface area (Å²) in [7, 11) is 9.70. The van der Waals surface area contributed by atoms with Gasteiger partial charge in [-0.05, 0) is 29.3 Å². The van der Waals surface area contributed by atoms with Crippen molar-refractivity contribution >= 4 is 46.9 Å². The summed E-state index contributed by atoms with van der Waals surface area (Å²) in [6, 6.07) is 37.7. The van der Waals surface area contributed by atoms with Gasteiger partial charge in [0.15, 0.2) is 11.6 Å². The van der Waals surface area contributed by atoms with Crippen LogP contribution < -0.4 is 16.0 Å². The van der Waals surface area contributed by atoms with Crippen molar-refractivity contribution in [2.75, 3.05) is 47.9 Å². The van der Waals surface area contributed by atoms with E-state index in [-0.39, 0.29) is 34.7 Å². The molecule has 0 aliphatic heterocycles. The second-order valence-corrected chi connectivity index (χ2v) is 16.6. The van der Waals surface area contributed by atoms with Crippen molar-refractivity contribution in [1.82, 2.24) is 10.6 Å². The molecule has 0 aromatic heterocycles. The number of ketones is 2. The highest BCUT2D eigenvalue weighted by Gasteiger charge is 2.26. The number of para-hydroxylation sites is 1. The van der Waals surface area contributed by atoms with E-state index in [1.165, 1.54) is 31.9 Å². The standard InChI is InChI=1S/C16H22O2.C15H16.C8H9NO.2C3H7NO.2C2H4O2.2C2H6O/c1-15(2,3)13(17)11-8-7-9-12(10-11)14(18)16(4,5)6;1-15(2,13-9-5-3-6-10-13)14-11-7-4-8-12-14;1-7(10)9-8-5-3-2-4-6-8;2*1-3(5)4-2;2*1-2(3)4;2*1-3-2/h7-10H,1-6H3;3-12H,1-2H3;2-6H,1H3,(H,9,10);2*1-2H3,(H,4,5);2*1H3,(H,3,4);2*1-2H3. The van der Waals surface area contributed by atoms with Gasteiger partial charge >= 0.3 is 0 Å². The number of Topliss-reactive ketones (excluding diaryl/α,β-unsaturated/α-hetero) is 2. The van der Waals surface area contributed by atoms with Crippen LogP contribution in [0.2, 0.25) is 0 Å². The van der Waals surface area contributed by atoms with Crippen LogP contribution in [0.1, 0.15) is 122 Å². The van der Waals surface area contributed by atoms with Crippen molar-refractivity contribution in [1.29, 1.82) is 0 Å². The maximum Gasteiger partial charge on any atom is 0.300 e. The second-order valence-electron chi connectivity index (χ2n) is 16.6. The maximum absolute atomic E-state index is 12.2. The van der Waals surface area contributed by atoms with E-state index in [9.17, 15) is 24.0 Å². The average Bonchev–Trinajstić information content (AvgIpc) is 3.24. The molecular formula is C53H81N3O11. The molecule has 14 heteroatoms. The van der Waals surface area contributed by atoms with Crippen LogP contribution in [0.4, 0.5) is 5.69 Å². The molecule has 4 rings (SSSR count). The van der Waals surface area contributed by atoms with Crippen LogP contribution in [0.3, 0.4) is 0 Å². The zero-order chi connectivity index (χ0) is 53.4. The normalized spacial score (nSPS) is 9.48. The van der Waals surface area contributed by atoms with E-state index in [4.69, 9.17) is 19.8 Å². The number of carboxylic acids is 2. The second kappa shape index (κ2) is 39.8. The third-order valence-corrected chi connectivity index (χ3v) is 7.54. The molecule has 0 radical (unpaired) electrons. The first-order valence-corrected chi connectivity index (χ1v) is 21.1. The lowest BCUT2D eigenvalue weighted by atomic mass is 9.78. The Hall–Kier alpha value is -6.51. The third-order valence-electron chi connectivity index (χ3n) is 7.54. The zero-order valence-corrected chi connectivity index (χ0v) is 43.5. The van der Waals surface area contributed by atoms with Crippen molar-refractivity contribution in [2.24, 2.45) is 10.8 Å². The molecule has 4 aromatic carbocycles. The van der Waals surface area contributed by atoms with Gasteiger partial charge in [-0.25, -0.2) is 0 Å². The predicted octanol–water partition coefficient (Wildman–Crippen LogP) is 10.0. The smallest absolute Gasteiger partial charge is 0.300 e. The molecule has 5 N–H and O–H groups in total. The van der Waals surface area contributed by atoms with E-state index in [0.29, 0.717) is 11.1 Å². The van der Waals surface area contributed by atoms with Gasteiger partial charge in [0, 0.05) is 110 Å². The Morgan fingerprint density at radius 1 is 0.433 bits per heavy atom. The fourth-order valence-electron chi connectivity index (χ4n) is 4.27. The largest absolute Gasteiger partial charge is 0.481 e. The van der Waals surface area contributed by atoms with Gasteiger partial charge in [0.1, 0.15) is 0 Å². The summed E-state index contributed by atoms with van der Waals surface area (Å²) < 4.78 is 8.50. The monoisotopic (exact) mass is 936 g/mol. The fraction of sp³-hybridized carbons (Fsp3) is 0.415. The minimum absolute atomic E-state index is 0.00463. The number of aliphatic carboxylic acids is 2. The van der Waals surface area contributed by atoms with Gasteiger partial charge in [-0.1, -0.05) is 152 Å². The Kier molecular flexibility index (Phi) is 41.3. The van der Waals surface area contributed by atoms with Crippen LogP contribution in [0, 0.1) is 10.8 Å². The minimum Gasteiger partial charge on any atom is -0.481 e. The molecule has 4 aromatic rings. The lowest BCUT2D eigenvalue weighted by Gasteiger charge is -2.25. The molecule has 0 saturated carbocycles. The first-order chi connectivity index (χ1) is 30.9. The van der Waals surface area contributed by atoms with E-state index in [2.05, 4.69) is 99.9 Å². The lowest BCUT2D eigenvalue weighted by Crippen LogP contribution is -2.23. The van der Waals surface area contributed by atoms with Gasteiger partial charge < -0.3 is 35.6 Å². The number of benzene rings is 4. The number of ether oxygens (including phenoxy) is 2. The molecule has 0 unspecified atom stereocenters. The van der Waals surface area contributed by atoms with Gasteiger partial charge in [-0.3, -0.25) is 33.6 Å². The van der Waals surface area contributed by atoms with Gasteiger partial charge in [0.25, 0.3) is 11.9 Å². The summed E-state index contributed by atoms with van der Waals surface area (Å²) in [6.45, 7) is 22.4. The van der Waals surface area contributed by atoms with E-state index in [1.807, 2.05) is 71.9 Å². The molecule has 374 valence electrons. The number of carbonyl (C=O) groups excluding carboxylic acids is 5. The molecule has 0 bridgehead atoms. The molecule has 0 fully saturated rings. The van der Waals surface area contributed by atoms with Crippen LogP contribution in [-0.4, -0.2) is 94.0 Å². The Balaban J connectivity index is -0.000000235. The average molecular weight is 936 g/mol. The summed E-state index contributed by atoms with van der Waals surface area (Å²) in [5, 5.41) is 22.3. The number of methoxy groups -OCH3 is 2. The number of anilines is 1. The van der Waals surface area contributed by atoms with Gasteiger partial charge in [-0.15, -0.1) is 0 Å². The minimum atomic E-state index is -0.833. The van der Waals surface area contributed by atoms with Crippen LogP contribution in [-0.2, 0) is 38.9 Å². The number of carbonyl (C=O) groups is 7.